The smallest absolute Gasteiger partial charge is 0.311 e. The van der Waals surface area contributed by atoms with E-state index in [1.54, 1.807) is 52.0 Å². The maximum absolute atomic E-state index is 13.0. The van der Waals surface area contributed by atoms with E-state index in [1.807, 2.05) is 18.7 Å². The molecule has 0 bridgehead atoms. The van der Waals surface area contributed by atoms with E-state index in [-0.39, 0.29) is 34.8 Å². The summed E-state index contributed by atoms with van der Waals surface area (Å²) in [5.74, 6) is -1.21. The molecule has 2 aromatic carbocycles. The van der Waals surface area contributed by atoms with E-state index in [0.717, 1.165) is 11.1 Å². The lowest BCUT2D eigenvalue weighted by Gasteiger charge is -2.29. The lowest BCUT2D eigenvalue weighted by atomic mass is 9.79. The molecule has 16 nitrogen and oxygen atoms in total. The van der Waals surface area contributed by atoms with Crippen LogP contribution in [-0.4, -0.2) is 118 Å². The first-order chi connectivity index (χ1) is 26.0. The zero-order valence-electron chi connectivity index (χ0n) is 33.2. The van der Waals surface area contributed by atoms with Gasteiger partial charge in [0.05, 0.1) is 20.6 Å². The van der Waals surface area contributed by atoms with Gasteiger partial charge in [-0.3, -0.25) is 25.1 Å². The molecule has 2 rings (SSSR count). The van der Waals surface area contributed by atoms with Crippen LogP contribution in [0.4, 0.5) is 0 Å². The highest BCUT2D eigenvalue weighted by Gasteiger charge is 2.34. The van der Waals surface area contributed by atoms with Crippen molar-refractivity contribution in [3.63, 3.8) is 0 Å². The first kappa shape index (κ1) is 49.1. The van der Waals surface area contributed by atoms with E-state index >= 15 is 0 Å². The standard InChI is InChI=1S/C38H62N4O12S2/c1-7-27(29-9-13-31(14-10-29)55(47,48)49)23-37(3,4)35(45)53-25-33(43)40-18-21-42(20-17-39)22-19-41-34(44)26-54-36(46)38(5,6)24-28(8-2)30-11-15-32(16-12-30)56(50,51)52/h9-16,27-28,33-34,40-41,43-44H,7-8,17-26,39H2,1-6H3,(H,47,48,49)(H,50,51,52)/p-2. The highest BCUT2D eigenvalue weighted by molar-refractivity contribution is 7.86. The number of nitrogens with zero attached hydrogens (tertiary/aromatic N) is 1. The molecule has 0 saturated heterocycles. The monoisotopic (exact) mass is 828 g/mol. The Morgan fingerprint density at radius 2 is 1.04 bits per heavy atom. The maximum atomic E-state index is 13.0. The largest absolute Gasteiger partial charge is 0.744 e. The van der Waals surface area contributed by atoms with Crippen molar-refractivity contribution in [1.82, 2.24) is 15.5 Å². The topological polar surface area (TPSA) is 261 Å². The van der Waals surface area contributed by atoms with E-state index in [2.05, 4.69) is 10.6 Å². The van der Waals surface area contributed by atoms with Crippen LogP contribution in [0.15, 0.2) is 58.3 Å². The fourth-order valence-electron chi connectivity index (χ4n) is 6.32. The van der Waals surface area contributed by atoms with Crippen LogP contribution < -0.4 is 16.4 Å². The molecule has 0 radical (unpaired) electrons. The minimum Gasteiger partial charge on any atom is -0.744 e. The predicted octanol–water partition coefficient (Wildman–Crippen LogP) is 2.18. The Labute approximate surface area is 332 Å². The van der Waals surface area contributed by atoms with Crippen molar-refractivity contribution in [2.24, 2.45) is 16.6 Å². The molecule has 0 aromatic heterocycles. The number of ether oxygens (including phenoxy) is 2. The summed E-state index contributed by atoms with van der Waals surface area (Å²) in [6.07, 6.45) is -0.155. The fraction of sp³-hybridized carbons (Fsp3) is 0.632. The number of benzene rings is 2. The van der Waals surface area contributed by atoms with Crippen molar-refractivity contribution in [2.75, 3.05) is 52.5 Å². The number of carbonyl (C=O) groups is 2. The number of carbonyl (C=O) groups excluding carboxylic acids is 2. The van der Waals surface area contributed by atoms with Gasteiger partial charge in [-0.15, -0.1) is 0 Å². The lowest BCUT2D eigenvalue weighted by Crippen LogP contribution is -2.45. The SMILES string of the molecule is CCC(CC(C)(C)C(=O)OCC(O)NCCN(CCN)CCNC(O)COC(=O)C(C)(C)CC(CC)c1ccc(S(=O)(=O)[O-])cc1)c1ccc(S(=O)(=O)[O-])cc1. The number of aliphatic hydroxyl groups is 2. The molecular weight excluding hydrogens is 769 g/mol. The number of aliphatic hydroxyl groups excluding tert-OH is 2. The van der Waals surface area contributed by atoms with Crippen LogP contribution in [0.1, 0.15) is 90.2 Å². The van der Waals surface area contributed by atoms with Gasteiger partial charge in [0, 0.05) is 39.3 Å². The first-order valence-corrected chi connectivity index (χ1v) is 21.6. The number of hydrogen-bond acceptors (Lipinski definition) is 16. The number of rotatable bonds is 26. The van der Waals surface area contributed by atoms with Gasteiger partial charge in [-0.1, -0.05) is 38.1 Å². The van der Waals surface area contributed by atoms with Gasteiger partial charge in [0.1, 0.15) is 45.9 Å². The number of hydrogen-bond donors (Lipinski definition) is 5. The van der Waals surface area contributed by atoms with Gasteiger partial charge in [-0.05, 0) is 101 Å². The summed E-state index contributed by atoms with van der Waals surface area (Å²) in [4.78, 5) is 27.3. The minimum atomic E-state index is -4.56. The van der Waals surface area contributed by atoms with Crippen molar-refractivity contribution < 1.29 is 55.2 Å². The summed E-state index contributed by atoms with van der Waals surface area (Å²) in [6, 6.07) is 11.4. The van der Waals surface area contributed by atoms with E-state index in [4.69, 9.17) is 15.2 Å². The Hall–Kier alpha value is -3.04. The summed E-state index contributed by atoms with van der Waals surface area (Å²) >= 11 is 0. The Morgan fingerprint density at radius 1 is 0.696 bits per heavy atom. The highest BCUT2D eigenvalue weighted by atomic mass is 32.2. The third kappa shape index (κ3) is 16.4. The van der Waals surface area contributed by atoms with Crippen molar-refractivity contribution >= 4 is 32.2 Å². The van der Waals surface area contributed by atoms with Gasteiger partial charge < -0.3 is 34.5 Å². The van der Waals surface area contributed by atoms with Gasteiger partial charge in [0.15, 0.2) is 0 Å². The Bertz CT molecular complexity index is 1610. The second-order valence-electron chi connectivity index (χ2n) is 15.2. The molecule has 0 aliphatic rings. The van der Waals surface area contributed by atoms with E-state index in [9.17, 15) is 45.7 Å². The second-order valence-corrected chi connectivity index (χ2v) is 18.0. The average Bonchev–Trinajstić information content (AvgIpc) is 3.13. The molecule has 4 atom stereocenters. The molecule has 0 spiro atoms. The second kappa shape index (κ2) is 22.2. The van der Waals surface area contributed by atoms with E-state index < -0.39 is 55.5 Å². The molecule has 0 amide bonds. The van der Waals surface area contributed by atoms with Crippen LogP contribution in [0, 0.1) is 10.8 Å². The minimum absolute atomic E-state index is 0.102. The van der Waals surface area contributed by atoms with Gasteiger partial charge in [0.2, 0.25) is 0 Å². The molecule has 6 N–H and O–H groups in total. The summed E-state index contributed by atoms with van der Waals surface area (Å²) in [6.45, 7) is 12.8. The van der Waals surface area contributed by atoms with Crippen molar-refractivity contribution in [3.05, 3.63) is 59.7 Å². The van der Waals surface area contributed by atoms with Crippen LogP contribution in [0.3, 0.4) is 0 Å². The maximum Gasteiger partial charge on any atom is 0.311 e. The molecule has 4 unspecified atom stereocenters. The quantitative estimate of drug-likeness (QED) is 0.0517. The normalized spacial score (nSPS) is 14.9. The molecule has 2 aromatic rings. The van der Waals surface area contributed by atoms with Crippen molar-refractivity contribution in [3.8, 4) is 0 Å². The molecule has 0 heterocycles. The molecule has 56 heavy (non-hydrogen) atoms. The summed E-state index contributed by atoms with van der Waals surface area (Å²) in [5.41, 5.74) is 5.52. The third-order valence-corrected chi connectivity index (χ3v) is 11.4. The van der Waals surface area contributed by atoms with Gasteiger partial charge in [-0.25, -0.2) is 16.8 Å². The Kier molecular flexibility index (Phi) is 19.5. The lowest BCUT2D eigenvalue weighted by molar-refractivity contribution is -0.158. The summed E-state index contributed by atoms with van der Waals surface area (Å²) in [5, 5.41) is 26.7. The number of nitrogens with one attached hydrogen (secondary N) is 2. The summed E-state index contributed by atoms with van der Waals surface area (Å²) < 4.78 is 78.5. The van der Waals surface area contributed by atoms with Gasteiger partial charge >= 0.3 is 11.9 Å². The third-order valence-electron chi connectivity index (χ3n) is 9.69. The van der Waals surface area contributed by atoms with Gasteiger partial charge in [0.25, 0.3) is 0 Å². The summed E-state index contributed by atoms with van der Waals surface area (Å²) in [7, 11) is -9.12. The van der Waals surface area contributed by atoms with Crippen LogP contribution in [0.2, 0.25) is 0 Å². The molecule has 318 valence electrons. The zero-order chi connectivity index (χ0) is 42.3. The highest BCUT2D eigenvalue weighted by Crippen LogP contribution is 2.36. The number of esters is 2. The van der Waals surface area contributed by atoms with Gasteiger partial charge in [-0.2, -0.15) is 0 Å². The molecule has 0 aliphatic heterocycles. The van der Waals surface area contributed by atoms with E-state index in [0.29, 0.717) is 65.0 Å². The Morgan fingerprint density at radius 3 is 1.32 bits per heavy atom. The average molecular weight is 829 g/mol. The molecule has 0 saturated carbocycles. The molecule has 0 fully saturated rings. The molecular formula is C38H60N4O12S2-2. The zero-order valence-corrected chi connectivity index (χ0v) is 34.9. The number of nitrogens with two attached hydrogens (primary N) is 1. The molecule has 18 heteroatoms. The Balaban J connectivity index is 1.75. The molecule has 0 aliphatic carbocycles. The van der Waals surface area contributed by atoms with Crippen LogP contribution >= 0.6 is 0 Å². The van der Waals surface area contributed by atoms with Crippen LogP contribution in [0.5, 0.6) is 0 Å². The van der Waals surface area contributed by atoms with Crippen LogP contribution in [-0.2, 0) is 39.3 Å². The van der Waals surface area contributed by atoms with Crippen molar-refractivity contribution in [2.45, 2.75) is 101 Å². The first-order valence-electron chi connectivity index (χ1n) is 18.8. The van der Waals surface area contributed by atoms with E-state index in [1.165, 1.54) is 24.3 Å². The van der Waals surface area contributed by atoms with Crippen molar-refractivity contribution in [1.29, 1.82) is 0 Å². The van der Waals surface area contributed by atoms with Crippen LogP contribution in [0.25, 0.3) is 0 Å². The fourth-order valence-corrected chi connectivity index (χ4v) is 7.26. The predicted molar refractivity (Wildman–Crippen MR) is 207 cm³/mol.